The first kappa shape index (κ1) is 17.4. The van der Waals surface area contributed by atoms with Gasteiger partial charge in [0.2, 0.25) is 5.91 Å². The summed E-state index contributed by atoms with van der Waals surface area (Å²) in [7, 11) is 0. The molecule has 1 aliphatic heterocycles. The Hall–Kier alpha value is -1.97. The minimum absolute atomic E-state index is 0.0762. The molecule has 1 saturated heterocycles. The number of aromatic nitrogens is 2. The molecule has 128 valence electrons. The maximum atomic E-state index is 12.0. The Morgan fingerprint density at radius 1 is 1.52 bits per heavy atom. The van der Waals surface area contributed by atoms with Crippen molar-refractivity contribution < 1.29 is 19.4 Å². The third-order valence-electron chi connectivity index (χ3n) is 3.54. The molecule has 3 N–H and O–H groups in total. The fraction of sp³-hybridized carbons (Fsp3) is 0.643. The molecule has 2 atom stereocenters. The molecule has 0 radical (unpaired) electrons. The number of aryl methyl sites for hydroxylation is 1. The van der Waals surface area contributed by atoms with Crippen molar-refractivity contribution in [3.63, 3.8) is 0 Å². The van der Waals surface area contributed by atoms with Crippen LogP contribution in [0.2, 0.25) is 0 Å². The highest BCUT2D eigenvalue weighted by molar-refractivity contribution is 5.76. The summed E-state index contributed by atoms with van der Waals surface area (Å²) >= 11 is 0. The van der Waals surface area contributed by atoms with Gasteiger partial charge in [-0.2, -0.15) is 0 Å². The first-order chi connectivity index (χ1) is 11.1. The van der Waals surface area contributed by atoms with Crippen LogP contribution in [0.5, 0.6) is 0 Å². The number of carbonyl (C=O) groups is 1. The van der Waals surface area contributed by atoms with Crippen LogP contribution in [-0.4, -0.2) is 59.1 Å². The summed E-state index contributed by atoms with van der Waals surface area (Å²) in [6.45, 7) is 1.20. The minimum atomic E-state index is -0.546. The van der Waals surface area contributed by atoms with Crippen LogP contribution in [0, 0.1) is 0 Å². The number of ether oxygens (including phenoxy) is 2. The molecule has 1 aromatic heterocycles. The van der Waals surface area contributed by atoms with Gasteiger partial charge < -0.3 is 24.5 Å². The number of amides is 1. The van der Waals surface area contributed by atoms with E-state index in [-0.39, 0.29) is 44.2 Å². The van der Waals surface area contributed by atoms with Crippen molar-refractivity contribution in [3.8, 4) is 0 Å². The summed E-state index contributed by atoms with van der Waals surface area (Å²) in [4.78, 5) is 36.7. The van der Waals surface area contributed by atoms with E-state index in [2.05, 4.69) is 10.3 Å². The molecule has 23 heavy (non-hydrogen) atoms. The summed E-state index contributed by atoms with van der Waals surface area (Å²) in [5, 5.41) is 11.6. The second-order valence-electron chi connectivity index (χ2n) is 5.22. The summed E-state index contributed by atoms with van der Waals surface area (Å²) in [6, 6.07) is 0.947. The van der Waals surface area contributed by atoms with Crippen LogP contribution in [-0.2, 0) is 20.8 Å². The fourth-order valence-corrected chi connectivity index (χ4v) is 2.38. The zero-order valence-electron chi connectivity index (χ0n) is 12.7. The van der Waals surface area contributed by atoms with Crippen LogP contribution in [0.3, 0.4) is 0 Å². The normalized spacial score (nSPS) is 21.1. The van der Waals surface area contributed by atoms with Gasteiger partial charge in [-0.05, 0) is 6.42 Å². The molecule has 9 nitrogen and oxygen atoms in total. The topological polar surface area (TPSA) is 123 Å². The number of aliphatic hydroxyl groups is 1. The Bertz CT molecular complexity index is 625. The Balaban J connectivity index is 1.85. The smallest absolute Gasteiger partial charge is 0.328 e. The molecule has 0 aliphatic carbocycles. The van der Waals surface area contributed by atoms with E-state index in [1.54, 1.807) is 0 Å². The van der Waals surface area contributed by atoms with Crippen molar-refractivity contribution in [2.75, 3.05) is 26.4 Å². The zero-order valence-corrected chi connectivity index (χ0v) is 12.7. The van der Waals surface area contributed by atoms with Gasteiger partial charge in [0.15, 0.2) is 0 Å². The van der Waals surface area contributed by atoms with Crippen LogP contribution in [0.25, 0.3) is 0 Å². The van der Waals surface area contributed by atoms with E-state index in [0.29, 0.717) is 19.6 Å². The van der Waals surface area contributed by atoms with Crippen LogP contribution < -0.4 is 16.6 Å². The lowest BCUT2D eigenvalue weighted by Gasteiger charge is -2.32. The summed E-state index contributed by atoms with van der Waals surface area (Å²) in [6.07, 6.45) is 1.89. The van der Waals surface area contributed by atoms with Crippen molar-refractivity contribution in [1.82, 2.24) is 14.9 Å². The van der Waals surface area contributed by atoms with Gasteiger partial charge in [-0.3, -0.25) is 14.6 Å². The van der Waals surface area contributed by atoms with Crippen molar-refractivity contribution in [2.24, 2.45) is 0 Å². The number of aromatic amines is 1. The molecule has 2 heterocycles. The molecule has 1 fully saturated rings. The summed E-state index contributed by atoms with van der Waals surface area (Å²) < 4.78 is 12.1. The summed E-state index contributed by atoms with van der Waals surface area (Å²) in [5.74, 6) is -0.240. The van der Waals surface area contributed by atoms with E-state index in [4.69, 9.17) is 14.6 Å². The lowest BCUT2D eigenvalue weighted by molar-refractivity contribution is -0.126. The first-order valence-corrected chi connectivity index (χ1v) is 7.49. The third kappa shape index (κ3) is 5.31. The van der Waals surface area contributed by atoms with Gasteiger partial charge in [0, 0.05) is 31.8 Å². The molecule has 0 spiro atoms. The summed E-state index contributed by atoms with van der Waals surface area (Å²) in [5.41, 5.74) is -1.02. The number of hydrogen-bond donors (Lipinski definition) is 3. The molecule has 0 saturated carbocycles. The molecular weight excluding hydrogens is 306 g/mol. The van der Waals surface area contributed by atoms with E-state index in [0.717, 1.165) is 0 Å². The number of hydrogen-bond acceptors (Lipinski definition) is 6. The van der Waals surface area contributed by atoms with Crippen LogP contribution in [0.1, 0.15) is 12.8 Å². The van der Waals surface area contributed by atoms with E-state index >= 15 is 0 Å². The van der Waals surface area contributed by atoms with Crippen molar-refractivity contribution in [3.05, 3.63) is 33.1 Å². The molecule has 0 bridgehead atoms. The fourth-order valence-electron chi connectivity index (χ4n) is 2.38. The van der Waals surface area contributed by atoms with E-state index < -0.39 is 11.2 Å². The average molecular weight is 327 g/mol. The van der Waals surface area contributed by atoms with Gasteiger partial charge in [0.25, 0.3) is 5.56 Å². The largest absolute Gasteiger partial charge is 0.394 e. The van der Waals surface area contributed by atoms with Gasteiger partial charge in [-0.1, -0.05) is 0 Å². The molecule has 1 aliphatic rings. The average Bonchev–Trinajstić information content (AvgIpc) is 2.53. The molecule has 0 aromatic carbocycles. The number of nitrogens with one attached hydrogen (secondary N) is 2. The second kappa shape index (κ2) is 8.61. The quantitative estimate of drug-likeness (QED) is 0.543. The first-order valence-electron chi connectivity index (χ1n) is 7.49. The minimum Gasteiger partial charge on any atom is -0.394 e. The van der Waals surface area contributed by atoms with E-state index in [9.17, 15) is 14.4 Å². The Labute approximate surface area is 132 Å². The molecule has 2 rings (SSSR count). The third-order valence-corrected chi connectivity index (χ3v) is 3.54. The molecule has 9 heteroatoms. The van der Waals surface area contributed by atoms with Gasteiger partial charge >= 0.3 is 5.69 Å². The highest BCUT2D eigenvalue weighted by Gasteiger charge is 2.27. The second-order valence-corrected chi connectivity index (χ2v) is 5.22. The molecular formula is C14H21N3O6. The number of carbonyl (C=O) groups excluding carboxylic acids is 1. The Morgan fingerprint density at radius 3 is 3.09 bits per heavy atom. The monoisotopic (exact) mass is 327 g/mol. The van der Waals surface area contributed by atoms with Crippen molar-refractivity contribution >= 4 is 5.91 Å². The lowest BCUT2D eigenvalue weighted by atomic mass is 10.1. The van der Waals surface area contributed by atoms with Crippen molar-refractivity contribution in [1.29, 1.82) is 0 Å². The van der Waals surface area contributed by atoms with Gasteiger partial charge in [-0.25, -0.2) is 4.79 Å². The Morgan fingerprint density at radius 2 is 2.35 bits per heavy atom. The number of rotatable bonds is 7. The highest BCUT2D eigenvalue weighted by atomic mass is 16.5. The SMILES string of the molecule is O=C(CCn1ccc(=O)[nH]c1=O)N[C@@H]1COCC[C@@H]1OCCO. The van der Waals surface area contributed by atoms with Crippen molar-refractivity contribution in [2.45, 2.75) is 31.5 Å². The molecule has 0 unspecified atom stereocenters. The highest BCUT2D eigenvalue weighted by Crippen LogP contribution is 2.12. The molecule has 1 amide bonds. The van der Waals surface area contributed by atoms with Gasteiger partial charge in [0.1, 0.15) is 0 Å². The van der Waals surface area contributed by atoms with Crippen LogP contribution in [0.4, 0.5) is 0 Å². The van der Waals surface area contributed by atoms with Crippen LogP contribution in [0.15, 0.2) is 21.9 Å². The van der Waals surface area contributed by atoms with Gasteiger partial charge in [0.05, 0.1) is 32.0 Å². The maximum absolute atomic E-state index is 12.0. The van der Waals surface area contributed by atoms with Gasteiger partial charge in [-0.15, -0.1) is 0 Å². The lowest BCUT2D eigenvalue weighted by Crippen LogP contribution is -2.51. The molecule has 1 aromatic rings. The number of nitrogens with zero attached hydrogens (tertiary/aromatic N) is 1. The Kier molecular flexibility index (Phi) is 6.51. The van der Waals surface area contributed by atoms with Crippen LogP contribution >= 0.6 is 0 Å². The maximum Gasteiger partial charge on any atom is 0.328 e. The number of aliphatic hydroxyl groups excluding tert-OH is 1. The van der Waals surface area contributed by atoms with E-state index in [1.807, 2.05) is 0 Å². The number of H-pyrrole nitrogens is 1. The predicted molar refractivity (Wildman–Crippen MR) is 80.1 cm³/mol. The van der Waals surface area contributed by atoms with E-state index in [1.165, 1.54) is 16.8 Å². The standard InChI is InChI=1S/C14H21N3O6/c18-6-8-23-11-3-7-22-9-10(11)15-12(19)1-4-17-5-2-13(20)16-14(17)21/h2,5,10-11,18H,1,3-4,6-9H2,(H,15,19)(H,16,20,21)/t10-,11+/m1/s1. The zero-order chi connectivity index (χ0) is 16.7. The predicted octanol–water partition coefficient (Wildman–Crippen LogP) is -1.79.